The summed E-state index contributed by atoms with van der Waals surface area (Å²) >= 11 is 0. The minimum Gasteiger partial charge on any atom is -0.481 e. The Hall–Kier alpha value is -2.36. The van der Waals surface area contributed by atoms with Crippen molar-refractivity contribution in [3.05, 3.63) is 53.7 Å². The number of fused-ring (bicyclic) bond motifs is 1. The molecular formula is C16H16N2O2. The number of ether oxygens (including phenoxy) is 1. The molecule has 20 heavy (non-hydrogen) atoms. The number of anilines is 1. The standard InChI is InChI=1S/C16H16N2O2/c1-11-9-12-5-3-4-6-14(12)18(11)16(19)13-7-8-15(20-2)17-10-13/h3-8,10-11H,9H2,1-2H3. The maximum absolute atomic E-state index is 12.7. The van der Waals surface area contributed by atoms with Crippen LogP contribution in [0.2, 0.25) is 0 Å². The van der Waals surface area contributed by atoms with E-state index in [9.17, 15) is 4.79 Å². The Kier molecular flexibility index (Phi) is 3.14. The molecule has 0 spiro atoms. The van der Waals surface area contributed by atoms with Gasteiger partial charge in [-0.2, -0.15) is 0 Å². The minimum atomic E-state index is -0.0161. The summed E-state index contributed by atoms with van der Waals surface area (Å²) in [6, 6.07) is 11.7. The summed E-state index contributed by atoms with van der Waals surface area (Å²) in [5.41, 5.74) is 2.80. The monoisotopic (exact) mass is 268 g/mol. The zero-order valence-corrected chi connectivity index (χ0v) is 11.5. The molecule has 0 fully saturated rings. The van der Waals surface area contributed by atoms with Crippen molar-refractivity contribution in [3.8, 4) is 5.88 Å². The first-order valence-electron chi connectivity index (χ1n) is 6.62. The highest BCUT2D eigenvalue weighted by Gasteiger charge is 2.31. The average Bonchev–Trinajstić information content (AvgIpc) is 2.82. The van der Waals surface area contributed by atoms with Crippen molar-refractivity contribution in [2.75, 3.05) is 12.0 Å². The Bertz CT molecular complexity index is 637. The lowest BCUT2D eigenvalue weighted by atomic mass is 10.1. The molecule has 1 aromatic carbocycles. The third-order valence-corrected chi connectivity index (χ3v) is 3.62. The summed E-state index contributed by atoms with van der Waals surface area (Å²) in [7, 11) is 1.56. The van der Waals surface area contributed by atoms with Gasteiger partial charge in [-0.3, -0.25) is 4.79 Å². The molecule has 2 aromatic rings. The highest BCUT2D eigenvalue weighted by Crippen LogP contribution is 2.32. The van der Waals surface area contributed by atoms with Crippen LogP contribution in [-0.2, 0) is 6.42 Å². The maximum atomic E-state index is 12.7. The van der Waals surface area contributed by atoms with Gasteiger partial charge in [0.2, 0.25) is 5.88 Å². The Morgan fingerprint density at radius 2 is 2.10 bits per heavy atom. The third-order valence-electron chi connectivity index (χ3n) is 3.62. The highest BCUT2D eigenvalue weighted by molar-refractivity contribution is 6.07. The topological polar surface area (TPSA) is 42.4 Å². The van der Waals surface area contributed by atoms with Crippen molar-refractivity contribution in [1.29, 1.82) is 0 Å². The van der Waals surface area contributed by atoms with E-state index in [1.807, 2.05) is 23.1 Å². The zero-order chi connectivity index (χ0) is 14.1. The molecule has 3 rings (SSSR count). The van der Waals surface area contributed by atoms with Crippen molar-refractivity contribution in [1.82, 2.24) is 4.98 Å². The van der Waals surface area contributed by atoms with Gasteiger partial charge in [0.1, 0.15) is 0 Å². The second-order valence-electron chi connectivity index (χ2n) is 4.95. The number of hydrogen-bond acceptors (Lipinski definition) is 3. The van der Waals surface area contributed by atoms with Gasteiger partial charge in [-0.05, 0) is 31.0 Å². The van der Waals surface area contributed by atoms with E-state index in [1.54, 1.807) is 25.4 Å². The van der Waals surface area contributed by atoms with Gasteiger partial charge >= 0.3 is 0 Å². The van der Waals surface area contributed by atoms with Gasteiger partial charge < -0.3 is 9.64 Å². The highest BCUT2D eigenvalue weighted by atomic mass is 16.5. The molecule has 1 aliphatic rings. The Labute approximate surface area is 118 Å². The molecule has 2 heterocycles. The number of carbonyl (C=O) groups excluding carboxylic acids is 1. The second-order valence-corrected chi connectivity index (χ2v) is 4.95. The largest absolute Gasteiger partial charge is 0.481 e. The summed E-state index contributed by atoms with van der Waals surface area (Å²) in [5, 5.41) is 0. The summed E-state index contributed by atoms with van der Waals surface area (Å²) < 4.78 is 5.02. The minimum absolute atomic E-state index is 0.0161. The molecule has 0 saturated heterocycles. The number of rotatable bonds is 2. The van der Waals surface area contributed by atoms with Gasteiger partial charge in [-0.25, -0.2) is 4.98 Å². The van der Waals surface area contributed by atoms with Gasteiger partial charge in [-0.15, -0.1) is 0 Å². The van der Waals surface area contributed by atoms with Crippen LogP contribution < -0.4 is 9.64 Å². The van der Waals surface area contributed by atoms with E-state index in [0.717, 1.165) is 12.1 Å². The van der Waals surface area contributed by atoms with Crippen molar-refractivity contribution in [2.24, 2.45) is 0 Å². The fraction of sp³-hybridized carbons (Fsp3) is 0.250. The number of para-hydroxylation sites is 1. The van der Waals surface area contributed by atoms with Gasteiger partial charge in [0.25, 0.3) is 5.91 Å². The number of carbonyl (C=O) groups is 1. The number of methoxy groups -OCH3 is 1. The summed E-state index contributed by atoms with van der Waals surface area (Å²) in [6.45, 7) is 2.06. The first kappa shape index (κ1) is 12.7. The number of hydrogen-bond donors (Lipinski definition) is 0. The number of nitrogens with zero attached hydrogens (tertiary/aromatic N) is 2. The lowest BCUT2D eigenvalue weighted by Crippen LogP contribution is -2.35. The summed E-state index contributed by atoms with van der Waals surface area (Å²) in [5.74, 6) is 0.494. The molecule has 0 aliphatic carbocycles. The molecule has 1 amide bonds. The van der Waals surface area contributed by atoms with Crippen LogP contribution >= 0.6 is 0 Å². The van der Waals surface area contributed by atoms with Crippen LogP contribution in [0, 0.1) is 0 Å². The Morgan fingerprint density at radius 1 is 1.30 bits per heavy atom. The Morgan fingerprint density at radius 3 is 2.80 bits per heavy atom. The van der Waals surface area contributed by atoms with Gasteiger partial charge in [0.05, 0.1) is 12.7 Å². The van der Waals surface area contributed by atoms with Crippen LogP contribution in [0.25, 0.3) is 0 Å². The van der Waals surface area contributed by atoms with Gasteiger partial charge in [0, 0.05) is 24.0 Å². The normalized spacial score (nSPS) is 16.9. The smallest absolute Gasteiger partial charge is 0.260 e. The molecule has 0 bridgehead atoms. The van der Waals surface area contributed by atoms with Crippen molar-refractivity contribution < 1.29 is 9.53 Å². The van der Waals surface area contributed by atoms with Crippen LogP contribution in [0.3, 0.4) is 0 Å². The van der Waals surface area contributed by atoms with Crippen LogP contribution in [0.4, 0.5) is 5.69 Å². The van der Waals surface area contributed by atoms with E-state index in [-0.39, 0.29) is 11.9 Å². The molecule has 1 aliphatic heterocycles. The molecule has 0 saturated carbocycles. The molecule has 1 aromatic heterocycles. The lowest BCUT2D eigenvalue weighted by molar-refractivity contribution is 0.0981. The fourth-order valence-corrected chi connectivity index (χ4v) is 2.64. The fourth-order valence-electron chi connectivity index (χ4n) is 2.64. The van der Waals surface area contributed by atoms with E-state index in [4.69, 9.17) is 4.74 Å². The molecule has 0 radical (unpaired) electrons. The van der Waals surface area contributed by atoms with E-state index in [2.05, 4.69) is 18.0 Å². The van der Waals surface area contributed by atoms with E-state index < -0.39 is 0 Å². The van der Waals surface area contributed by atoms with Crippen LogP contribution in [0.15, 0.2) is 42.6 Å². The SMILES string of the molecule is COc1ccc(C(=O)N2c3ccccc3CC2C)cn1. The van der Waals surface area contributed by atoms with Gasteiger partial charge in [-0.1, -0.05) is 18.2 Å². The van der Waals surface area contributed by atoms with Crippen LogP contribution in [0.1, 0.15) is 22.8 Å². The predicted octanol–water partition coefficient (Wildman–Crippen LogP) is 2.68. The van der Waals surface area contributed by atoms with E-state index in [0.29, 0.717) is 11.4 Å². The summed E-state index contributed by atoms with van der Waals surface area (Å²) in [6.07, 6.45) is 2.46. The predicted molar refractivity (Wildman–Crippen MR) is 77.2 cm³/mol. The maximum Gasteiger partial charge on any atom is 0.260 e. The van der Waals surface area contributed by atoms with Crippen LogP contribution in [-0.4, -0.2) is 24.0 Å². The van der Waals surface area contributed by atoms with Gasteiger partial charge in [0.15, 0.2) is 0 Å². The average molecular weight is 268 g/mol. The number of benzene rings is 1. The van der Waals surface area contributed by atoms with E-state index >= 15 is 0 Å². The molecule has 0 N–H and O–H groups in total. The molecule has 4 heteroatoms. The zero-order valence-electron chi connectivity index (χ0n) is 11.5. The molecule has 1 unspecified atom stereocenters. The third kappa shape index (κ3) is 2.03. The van der Waals surface area contributed by atoms with Crippen LogP contribution in [0.5, 0.6) is 5.88 Å². The summed E-state index contributed by atoms with van der Waals surface area (Å²) in [4.78, 5) is 18.6. The lowest BCUT2D eigenvalue weighted by Gasteiger charge is -2.22. The first-order chi connectivity index (χ1) is 9.70. The molecular weight excluding hydrogens is 252 g/mol. The van der Waals surface area contributed by atoms with E-state index in [1.165, 1.54) is 5.56 Å². The van der Waals surface area contributed by atoms with Crippen molar-refractivity contribution >= 4 is 11.6 Å². The number of aromatic nitrogens is 1. The van der Waals surface area contributed by atoms with Crippen molar-refractivity contribution in [2.45, 2.75) is 19.4 Å². The molecule has 102 valence electrons. The van der Waals surface area contributed by atoms with Crippen molar-refractivity contribution in [3.63, 3.8) is 0 Å². The Balaban J connectivity index is 1.94. The molecule has 4 nitrogen and oxygen atoms in total. The number of pyridine rings is 1. The number of amides is 1. The quantitative estimate of drug-likeness (QED) is 0.841. The second kappa shape index (κ2) is 4.96. The molecule has 1 atom stereocenters. The first-order valence-corrected chi connectivity index (χ1v) is 6.62.